The van der Waals surface area contributed by atoms with Crippen LogP contribution in [0.3, 0.4) is 0 Å². The van der Waals surface area contributed by atoms with Gasteiger partial charge in [0.05, 0.1) is 57.0 Å². The third-order valence-electron chi connectivity index (χ3n) is 5.87. The molecule has 0 aliphatic carbocycles. The Balaban J connectivity index is 1.57. The van der Waals surface area contributed by atoms with Crippen LogP contribution in [0, 0.1) is 11.8 Å². The van der Waals surface area contributed by atoms with Crippen LogP contribution in [0.2, 0.25) is 0 Å². The molecule has 0 bridgehead atoms. The zero-order valence-electron chi connectivity index (χ0n) is 21.5. The molecule has 9 heteroatoms. The van der Waals surface area contributed by atoms with Crippen molar-refractivity contribution in [2.45, 2.75) is 0 Å². The molecule has 5 aromatic rings. The summed E-state index contributed by atoms with van der Waals surface area (Å²) in [5.74, 6) is 8.24. The molecular formula is C29H26N6O3. The molecule has 3 aromatic heterocycles. The van der Waals surface area contributed by atoms with E-state index in [0.29, 0.717) is 29.6 Å². The number of pyridine rings is 1. The summed E-state index contributed by atoms with van der Waals surface area (Å²) < 4.78 is 18.0. The van der Waals surface area contributed by atoms with Crippen LogP contribution < -0.4 is 19.1 Å². The minimum atomic E-state index is 0.371. The van der Waals surface area contributed by atoms with Crippen LogP contribution in [0.25, 0.3) is 22.3 Å². The quantitative estimate of drug-likeness (QED) is 0.295. The van der Waals surface area contributed by atoms with E-state index in [-0.39, 0.29) is 0 Å². The summed E-state index contributed by atoms with van der Waals surface area (Å²) in [4.78, 5) is 15.9. The lowest BCUT2D eigenvalue weighted by Crippen LogP contribution is -2.17. The number of ether oxygens (including phenoxy) is 3. The second-order valence-electron chi connectivity index (χ2n) is 8.35. The Kier molecular flexibility index (Phi) is 7.04. The van der Waals surface area contributed by atoms with Gasteiger partial charge in [0.15, 0.2) is 0 Å². The lowest BCUT2D eigenvalue weighted by atomic mass is 10.2. The van der Waals surface area contributed by atoms with E-state index in [1.165, 1.54) is 0 Å². The molecule has 0 N–H and O–H groups in total. The van der Waals surface area contributed by atoms with E-state index in [0.717, 1.165) is 33.7 Å². The van der Waals surface area contributed by atoms with Gasteiger partial charge >= 0.3 is 0 Å². The van der Waals surface area contributed by atoms with E-state index >= 15 is 0 Å². The fourth-order valence-electron chi connectivity index (χ4n) is 3.95. The molecule has 3 heterocycles. The van der Waals surface area contributed by atoms with Gasteiger partial charge in [-0.1, -0.05) is 12.0 Å². The summed E-state index contributed by atoms with van der Waals surface area (Å²) in [5, 5.41) is 4.25. The number of benzene rings is 2. The Bertz CT molecular complexity index is 1630. The second-order valence-corrected chi connectivity index (χ2v) is 8.35. The SMILES string of the molecule is COc1cc(OC)cc(N(CC#Cc2cccc(OC)n2)c2ccc3ncc(-c4cnn(C)c4)nc3c2)c1. The number of rotatable bonds is 7. The van der Waals surface area contributed by atoms with Crippen molar-refractivity contribution in [3.05, 3.63) is 78.9 Å². The molecule has 5 rings (SSSR count). The summed E-state index contributed by atoms with van der Waals surface area (Å²) in [7, 11) is 6.71. The van der Waals surface area contributed by atoms with Crippen LogP contribution in [0.5, 0.6) is 17.4 Å². The van der Waals surface area contributed by atoms with E-state index in [2.05, 4.69) is 31.8 Å². The van der Waals surface area contributed by atoms with Gasteiger partial charge < -0.3 is 19.1 Å². The molecule has 0 saturated carbocycles. The molecule has 0 fully saturated rings. The van der Waals surface area contributed by atoms with E-state index in [4.69, 9.17) is 19.2 Å². The summed E-state index contributed by atoms with van der Waals surface area (Å²) in [6.45, 7) is 0.371. The first kappa shape index (κ1) is 24.6. The molecule has 0 saturated heterocycles. The van der Waals surface area contributed by atoms with E-state index in [9.17, 15) is 0 Å². The van der Waals surface area contributed by atoms with E-state index < -0.39 is 0 Å². The number of methoxy groups -OCH3 is 3. The van der Waals surface area contributed by atoms with Gasteiger partial charge in [0.1, 0.15) is 17.2 Å². The molecule has 38 heavy (non-hydrogen) atoms. The molecule has 2 aromatic carbocycles. The van der Waals surface area contributed by atoms with Gasteiger partial charge in [0.2, 0.25) is 5.88 Å². The number of anilines is 2. The van der Waals surface area contributed by atoms with E-state index in [1.807, 2.05) is 61.8 Å². The minimum Gasteiger partial charge on any atom is -0.497 e. The number of hydrogen-bond donors (Lipinski definition) is 0. The number of nitrogens with zero attached hydrogens (tertiary/aromatic N) is 6. The molecule has 0 amide bonds. The Morgan fingerprint density at radius 1 is 0.842 bits per heavy atom. The van der Waals surface area contributed by atoms with Crippen molar-refractivity contribution in [2.75, 3.05) is 32.8 Å². The highest BCUT2D eigenvalue weighted by Crippen LogP contribution is 2.34. The highest BCUT2D eigenvalue weighted by molar-refractivity contribution is 5.83. The van der Waals surface area contributed by atoms with Crippen molar-refractivity contribution in [1.82, 2.24) is 24.7 Å². The zero-order valence-corrected chi connectivity index (χ0v) is 21.5. The predicted octanol–water partition coefficient (Wildman–Crippen LogP) is 4.64. The van der Waals surface area contributed by atoms with Crippen molar-refractivity contribution < 1.29 is 14.2 Å². The van der Waals surface area contributed by atoms with Gasteiger partial charge in [-0.3, -0.25) is 9.67 Å². The summed E-state index contributed by atoms with van der Waals surface area (Å²) in [6.07, 6.45) is 5.45. The first-order valence-electron chi connectivity index (χ1n) is 11.8. The van der Waals surface area contributed by atoms with Gasteiger partial charge in [-0.2, -0.15) is 5.10 Å². The minimum absolute atomic E-state index is 0.371. The molecule has 190 valence electrons. The standard InChI is InChI=1S/C29H26N6O3/c1-34-19-20(17-31-34)28-18-30-26-11-10-22(15-27(26)33-28)35(23-13-24(36-2)16-25(14-23)37-3)12-6-8-21-7-5-9-29(32-21)38-4/h5,7,9-11,13-19H,12H2,1-4H3. The van der Waals surface area contributed by atoms with Gasteiger partial charge in [-0.25, -0.2) is 9.97 Å². The van der Waals surface area contributed by atoms with Crippen LogP contribution in [-0.4, -0.2) is 52.6 Å². The van der Waals surface area contributed by atoms with Crippen LogP contribution in [-0.2, 0) is 7.05 Å². The molecule has 0 aliphatic heterocycles. The first-order valence-corrected chi connectivity index (χ1v) is 11.8. The third kappa shape index (κ3) is 5.34. The smallest absolute Gasteiger partial charge is 0.214 e. The van der Waals surface area contributed by atoms with Crippen molar-refractivity contribution >= 4 is 22.4 Å². The van der Waals surface area contributed by atoms with E-state index in [1.54, 1.807) is 44.5 Å². The van der Waals surface area contributed by atoms with Crippen molar-refractivity contribution in [2.24, 2.45) is 7.05 Å². The van der Waals surface area contributed by atoms with Crippen molar-refractivity contribution in [1.29, 1.82) is 0 Å². The fraction of sp³-hybridized carbons (Fsp3) is 0.172. The predicted molar refractivity (Wildman–Crippen MR) is 146 cm³/mol. The second kappa shape index (κ2) is 10.9. The summed E-state index contributed by atoms with van der Waals surface area (Å²) in [6, 6.07) is 17.2. The molecule has 0 spiro atoms. The number of fused-ring (bicyclic) bond motifs is 1. The normalized spacial score (nSPS) is 10.5. The van der Waals surface area contributed by atoms with Gasteiger partial charge in [0.25, 0.3) is 0 Å². The maximum Gasteiger partial charge on any atom is 0.214 e. The number of aromatic nitrogens is 5. The van der Waals surface area contributed by atoms with Crippen LogP contribution in [0.1, 0.15) is 5.69 Å². The molecule has 9 nitrogen and oxygen atoms in total. The van der Waals surface area contributed by atoms with Crippen molar-refractivity contribution in [3.8, 4) is 40.5 Å². The van der Waals surface area contributed by atoms with Crippen LogP contribution in [0.4, 0.5) is 11.4 Å². The maximum absolute atomic E-state index is 5.52. The van der Waals surface area contributed by atoms with Gasteiger partial charge in [0, 0.05) is 54.4 Å². The van der Waals surface area contributed by atoms with Gasteiger partial charge in [-0.05, 0) is 30.2 Å². The zero-order chi connectivity index (χ0) is 26.5. The highest BCUT2D eigenvalue weighted by Gasteiger charge is 2.14. The topological polar surface area (TPSA) is 87.4 Å². The Hall–Kier alpha value is -5.10. The largest absolute Gasteiger partial charge is 0.497 e. The molecular weight excluding hydrogens is 480 g/mol. The fourth-order valence-corrected chi connectivity index (χ4v) is 3.95. The van der Waals surface area contributed by atoms with Gasteiger partial charge in [-0.15, -0.1) is 0 Å². The van der Waals surface area contributed by atoms with Crippen molar-refractivity contribution in [3.63, 3.8) is 0 Å². The maximum atomic E-state index is 5.52. The molecule has 0 unspecified atom stereocenters. The Morgan fingerprint density at radius 3 is 2.37 bits per heavy atom. The highest BCUT2D eigenvalue weighted by atomic mass is 16.5. The molecule has 0 aliphatic rings. The molecule has 0 radical (unpaired) electrons. The Labute approximate surface area is 220 Å². The lowest BCUT2D eigenvalue weighted by molar-refractivity contribution is 0.394. The summed E-state index contributed by atoms with van der Waals surface area (Å²) in [5.41, 5.74) is 5.56. The molecule has 0 atom stereocenters. The number of hydrogen-bond acceptors (Lipinski definition) is 8. The van der Waals surface area contributed by atoms with Crippen LogP contribution >= 0.6 is 0 Å². The summed E-state index contributed by atoms with van der Waals surface area (Å²) >= 11 is 0. The first-order chi connectivity index (χ1) is 18.6. The third-order valence-corrected chi connectivity index (χ3v) is 5.87. The van der Waals surface area contributed by atoms with Crippen LogP contribution in [0.15, 0.2) is 73.2 Å². The average molecular weight is 507 g/mol. The lowest BCUT2D eigenvalue weighted by Gasteiger charge is -2.24. The Morgan fingerprint density at radius 2 is 1.66 bits per heavy atom. The monoisotopic (exact) mass is 506 g/mol. The average Bonchev–Trinajstić information content (AvgIpc) is 3.40. The number of aryl methyl sites for hydroxylation is 1.